The summed E-state index contributed by atoms with van der Waals surface area (Å²) >= 11 is 3.53. The normalized spacial score (nSPS) is 24.1. The molecule has 2 aliphatic heterocycles. The van der Waals surface area contributed by atoms with Crippen molar-refractivity contribution in [1.82, 2.24) is 20.0 Å². The van der Waals surface area contributed by atoms with Crippen molar-refractivity contribution in [2.24, 2.45) is 0 Å². The third-order valence-corrected chi connectivity index (χ3v) is 8.69. The Morgan fingerprint density at radius 1 is 1.14 bits per heavy atom. The van der Waals surface area contributed by atoms with E-state index < -0.39 is 9.84 Å². The second-order valence-corrected chi connectivity index (χ2v) is 10.9. The highest BCUT2D eigenvalue weighted by Gasteiger charge is 2.42. The van der Waals surface area contributed by atoms with Crippen LogP contribution in [0.15, 0.2) is 28.7 Å². The van der Waals surface area contributed by atoms with Crippen molar-refractivity contribution in [3.8, 4) is 5.69 Å². The fraction of sp³-hybridized carbons (Fsp3) is 0.500. The molecule has 1 N–H and O–H groups in total. The number of hydrogen-bond acceptors (Lipinski definition) is 5. The van der Waals surface area contributed by atoms with Crippen molar-refractivity contribution in [1.29, 1.82) is 0 Å². The Morgan fingerprint density at radius 3 is 2.38 bits per heavy atom. The van der Waals surface area contributed by atoms with Gasteiger partial charge in [-0.15, -0.1) is 0 Å². The van der Waals surface area contributed by atoms with Crippen LogP contribution in [0.1, 0.15) is 34.6 Å². The molecule has 4 rings (SSSR count). The molecule has 0 bridgehead atoms. The number of carbonyl (C=O) groups is 1. The quantitative estimate of drug-likeness (QED) is 0.725. The van der Waals surface area contributed by atoms with Gasteiger partial charge in [-0.2, -0.15) is 5.10 Å². The van der Waals surface area contributed by atoms with Crippen LogP contribution < -0.4 is 5.32 Å². The number of amides is 1. The van der Waals surface area contributed by atoms with Gasteiger partial charge < -0.3 is 5.32 Å². The van der Waals surface area contributed by atoms with Gasteiger partial charge in [0, 0.05) is 11.6 Å². The van der Waals surface area contributed by atoms with Gasteiger partial charge in [0.05, 0.1) is 39.1 Å². The van der Waals surface area contributed by atoms with E-state index in [0.717, 1.165) is 47.5 Å². The van der Waals surface area contributed by atoms with Gasteiger partial charge >= 0.3 is 0 Å². The Hall–Kier alpha value is -1.71. The monoisotopic (exact) mass is 480 g/mol. The Kier molecular flexibility index (Phi) is 5.56. The smallest absolute Gasteiger partial charge is 0.251 e. The maximum Gasteiger partial charge on any atom is 0.251 e. The molecular weight excluding hydrogens is 456 g/mol. The molecule has 0 aliphatic carbocycles. The Morgan fingerprint density at radius 2 is 1.79 bits per heavy atom. The highest BCUT2D eigenvalue weighted by atomic mass is 79.9. The van der Waals surface area contributed by atoms with E-state index in [1.54, 1.807) is 12.1 Å². The molecule has 9 heteroatoms. The predicted molar refractivity (Wildman–Crippen MR) is 115 cm³/mol. The first-order chi connectivity index (χ1) is 13.7. The van der Waals surface area contributed by atoms with Crippen LogP contribution in [0.5, 0.6) is 0 Å². The Labute approximate surface area is 179 Å². The van der Waals surface area contributed by atoms with E-state index in [1.807, 2.05) is 30.7 Å². The van der Waals surface area contributed by atoms with Gasteiger partial charge in [0.15, 0.2) is 9.84 Å². The predicted octanol–water partition coefficient (Wildman–Crippen LogP) is 2.24. The molecule has 2 unspecified atom stereocenters. The number of likely N-dealkylation sites (tertiary alicyclic amines) is 1. The second-order valence-electron chi connectivity index (χ2n) is 7.91. The maximum absolute atomic E-state index is 12.8. The summed E-state index contributed by atoms with van der Waals surface area (Å²) in [6, 6.07) is 6.72. The number of aryl methyl sites for hydroxylation is 1. The molecule has 0 spiro atoms. The van der Waals surface area contributed by atoms with Crippen LogP contribution in [0, 0.1) is 13.8 Å². The molecule has 2 atom stereocenters. The van der Waals surface area contributed by atoms with Crippen LogP contribution in [0.3, 0.4) is 0 Å². The molecule has 2 aliphatic rings. The lowest BCUT2D eigenvalue weighted by atomic mass is 10.1. The van der Waals surface area contributed by atoms with Crippen LogP contribution >= 0.6 is 15.9 Å². The van der Waals surface area contributed by atoms with E-state index in [4.69, 9.17) is 0 Å². The number of nitrogens with zero attached hydrogens (tertiary/aromatic N) is 3. The van der Waals surface area contributed by atoms with E-state index in [2.05, 4.69) is 31.2 Å². The molecule has 2 saturated heterocycles. The molecule has 0 radical (unpaired) electrons. The van der Waals surface area contributed by atoms with Crippen LogP contribution in [0.25, 0.3) is 5.69 Å². The molecule has 156 valence electrons. The van der Waals surface area contributed by atoms with E-state index in [1.165, 1.54) is 0 Å². The van der Waals surface area contributed by atoms with Gasteiger partial charge in [0.25, 0.3) is 5.91 Å². The molecule has 1 amide bonds. The van der Waals surface area contributed by atoms with E-state index >= 15 is 0 Å². The van der Waals surface area contributed by atoms with E-state index in [9.17, 15) is 13.2 Å². The fourth-order valence-electron chi connectivity index (χ4n) is 4.28. The summed E-state index contributed by atoms with van der Waals surface area (Å²) in [6.45, 7) is 5.71. The number of carbonyl (C=O) groups excluding carboxylic acids is 1. The van der Waals surface area contributed by atoms with Crippen molar-refractivity contribution in [2.75, 3.05) is 24.6 Å². The topological polar surface area (TPSA) is 84.3 Å². The highest BCUT2D eigenvalue weighted by molar-refractivity contribution is 9.10. The summed E-state index contributed by atoms with van der Waals surface area (Å²) in [6.07, 6.45) is 2.17. The molecule has 2 aromatic rings. The summed E-state index contributed by atoms with van der Waals surface area (Å²) in [5.74, 6) is -0.0982. The van der Waals surface area contributed by atoms with Gasteiger partial charge in [-0.05, 0) is 80.0 Å². The molecule has 0 saturated carbocycles. The molecule has 1 aromatic heterocycles. The first kappa shape index (κ1) is 20.6. The van der Waals surface area contributed by atoms with E-state index in [-0.39, 0.29) is 29.5 Å². The van der Waals surface area contributed by atoms with Gasteiger partial charge in [-0.1, -0.05) is 0 Å². The lowest BCUT2D eigenvalue weighted by Crippen LogP contribution is -2.50. The minimum absolute atomic E-state index is 0.0117. The Balaban J connectivity index is 1.50. The maximum atomic E-state index is 12.8. The van der Waals surface area contributed by atoms with Crippen molar-refractivity contribution in [3.05, 3.63) is 45.7 Å². The summed E-state index contributed by atoms with van der Waals surface area (Å²) in [5, 5.41) is 7.48. The minimum Gasteiger partial charge on any atom is -0.347 e. The zero-order chi connectivity index (χ0) is 20.8. The highest BCUT2D eigenvalue weighted by Crippen LogP contribution is 2.24. The van der Waals surface area contributed by atoms with Crippen LogP contribution in [0.4, 0.5) is 0 Å². The number of hydrogen-bond donors (Lipinski definition) is 1. The molecular formula is C20H25BrN4O3S. The molecule has 1 aromatic carbocycles. The zero-order valence-corrected chi connectivity index (χ0v) is 19.0. The Bertz CT molecular complexity index is 1030. The standard InChI is InChI=1S/C20H25BrN4O3S/c1-13-19(21)14(2)25(23-13)16-7-5-15(6-8-16)20(26)22-17-11-29(27,28)12-18(17)24-9-3-4-10-24/h5-8,17-18H,3-4,9-12H2,1-2H3,(H,22,26). The number of aromatic nitrogens is 2. The summed E-state index contributed by atoms with van der Waals surface area (Å²) < 4.78 is 27.2. The average molecular weight is 481 g/mol. The third kappa shape index (κ3) is 4.13. The van der Waals surface area contributed by atoms with Gasteiger partial charge in [0.1, 0.15) is 0 Å². The van der Waals surface area contributed by atoms with Crippen molar-refractivity contribution in [2.45, 2.75) is 38.8 Å². The summed E-state index contributed by atoms with van der Waals surface area (Å²) in [4.78, 5) is 15.0. The van der Waals surface area contributed by atoms with Crippen molar-refractivity contribution >= 4 is 31.7 Å². The minimum atomic E-state index is -3.13. The lowest BCUT2D eigenvalue weighted by molar-refractivity contribution is 0.0918. The summed E-state index contributed by atoms with van der Waals surface area (Å²) in [7, 11) is -3.13. The summed E-state index contributed by atoms with van der Waals surface area (Å²) in [5.41, 5.74) is 3.27. The molecule has 29 heavy (non-hydrogen) atoms. The first-order valence-corrected chi connectivity index (χ1v) is 12.4. The first-order valence-electron chi connectivity index (χ1n) is 9.83. The largest absolute Gasteiger partial charge is 0.347 e. The zero-order valence-electron chi connectivity index (χ0n) is 16.6. The number of rotatable bonds is 4. The van der Waals surface area contributed by atoms with Gasteiger partial charge in [-0.3, -0.25) is 9.69 Å². The van der Waals surface area contributed by atoms with E-state index in [0.29, 0.717) is 5.56 Å². The fourth-order valence-corrected chi connectivity index (χ4v) is 6.48. The number of benzene rings is 1. The lowest BCUT2D eigenvalue weighted by Gasteiger charge is -2.28. The molecule has 3 heterocycles. The van der Waals surface area contributed by atoms with Crippen molar-refractivity contribution < 1.29 is 13.2 Å². The van der Waals surface area contributed by atoms with Crippen LogP contribution in [-0.4, -0.2) is 65.7 Å². The number of halogens is 1. The second kappa shape index (κ2) is 7.85. The third-order valence-electron chi connectivity index (χ3n) is 5.83. The van der Waals surface area contributed by atoms with Crippen molar-refractivity contribution in [3.63, 3.8) is 0 Å². The molecule has 7 nitrogen and oxygen atoms in total. The van der Waals surface area contributed by atoms with Crippen LogP contribution in [0.2, 0.25) is 0 Å². The van der Waals surface area contributed by atoms with Gasteiger partial charge in [-0.25, -0.2) is 13.1 Å². The molecule has 2 fully saturated rings. The number of sulfone groups is 1. The van der Waals surface area contributed by atoms with Gasteiger partial charge in [0.2, 0.25) is 0 Å². The SMILES string of the molecule is Cc1nn(-c2ccc(C(=O)NC3CS(=O)(=O)CC3N3CCCC3)cc2)c(C)c1Br. The van der Waals surface area contributed by atoms with Crippen LogP contribution in [-0.2, 0) is 9.84 Å². The average Bonchev–Trinajstić information content (AvgIpc) is 3.37. The number of nitrogens with one attached hydrogen (secondary N) is 1.